The van der Waals surface area contributed by atoms with E-state index in [0.717, 1.165) is 25.7 Å². The minimum atomic E-state index is -0.411. The lowest BCUT2D eigenvalue weighted by Gasteiger charge is -2.12. The van der Waals surface area contributed by atoms with Gasteiger partial charge in [-0.15, -0.1) is 0 Å². The van der Waals surface area contributed by atoms with Crippen LogP contribution in [0.2, 0.25) is 5.02 Å². The smallest absolute Gasteiger partial charge is 0.274 e. The summed E-state index contributed by atoms with van der Waals surface area (Å²) in [6, 6.07) is 4.20. The number of nitro benzene ring substituents is 1. The summed E-state index contributed by atoms with van der Waals surface area (Å²) in [6.07, 6.45) is 3.91. The van der Waals surface area contributed by atoms with Crippen LogP contribution in [-0.2, 0) is 0 Å². The van der Waals surface area contributed by atoms with E-state index in [9.17, 15) is 10.1 Å². The molecule has 1 aromatic rings. The second-order valence-electron chi connectivity index (χ2n) is 4.06. The number of hydrogen-bond acceptors (Lipinski definition) is 3. The van der Waals surface area contributed by atoms with Crippen molar-refractivity contribution in [1.82, 2.24) is 0 Å². The zero-order valence-electron chi connectivity index (χ0n) is 9.86. The summed E-state index contributed by atoms with van der Waals surface area (Å²) in [5, 5.41) is 11.4. The van der Waals surface area contributed by atoms with Crippen molar-refractivity contribution in [1.29, 1.82) is 0 Å². The average Bonchev–Trinajstić information content (AvgIpc) is 2.28. The van der Waals surface area contributed by atoms with Gasteiger partial charge in [-0.2, -0.15) is 0 Å². The SMILES string of the molecule is CCCCC[C@H](N)c1cc(Cl)ccc1[N+](=O)[O-]. The Bertz CT molecular complexity index is 396. The van der Waals surface area contributed by atoms with Crippen molar-refractivity contribution in [2.45, 2.75) is 38.6 Å². The molecule has 0 fully saturated rings. The number of nitrogens with two attached hydrogens (primary N) is 1. The van der Waals surface area contributed by atoms with Gasteiger partial charge in [-0.25, -0.2) is 0 Å². The Morgan fingerprint density at radius 3 is 2.76 bits per heavy atom. The number of benzene rings is 1. The van der Waals surface area contributed by atoms with Crippen LogP contribution >= 0.6 is 11.6 Å². The Morgan fingerprint density at radius 1 is 1.47 bits per heavy atom. The zero-order chi connectivity index (χ0) is 12.8. The van der Waals surface area contributed by atoms with Crippen molar-refractivity contribution < 1.29 is 4.92 Å². The molecular formula is C12H17ClN2O2. The Hall–Kier alpha value is -1.13. The third kappa shape index (κ3) is 3.98. The molecule has 0 aromatic heterocycles. The van der Waals surface area contributed by atoms with E-state index in [-0.39, 0.29) is 11.7 Å². The number of nitro groups is 1. The predicted octanol–water partition coefficient (Wildman–Crippen LogP) is 3.83. The standard InChI is InChI=1S/C12H17ClN2O2/c1-2-3-4-5-11(14)10-8-9(13)6-7-12(10)15(16)17/h6-8,11H,2-5,14H2,1H3/t11-/m0/s1. The molecule has 0 aliphatic carbocycles. The average molecular weight is 257 g/mol. The first kappa shape index (κ1) is 13.9. The number of nitrogens with zero attached hydrogens (tertiary/aromatic N) is 1. The van der Waals surface area contributed by atoms with E-state index < -0.39 is 4.92 Å². The van der Waals surface area contributed by atoms with Gasteiger partial charge in [0.15, 0.2) is 0 Å². The van der Waals surface area contributed by atoms with Gasteiger partial charge in [0.1, 0.15) is 0 Å². The van der Waals surface area contributed by atoms with E-state index in [2.05, 4.69) is 6.92 Å². The van der Waals surface area contributed by atoms with Crippen molar-refractivity contribution in [3.8, 4) is 0 Å². The molecule has 94 valence electrons. The van der Waals surface area contributed by atoms with Crippen molar-refractivity contribution in [3.05, 3.63) is 38.9 Å². The minimum absolute atomic E-state index is 0.0541. The molecule has 0 saturated heterocycles. The van der Waals surface area contributed by atoms with Crippen molar-refractivity contribution in [2.24, 2.45) is 5.73 Å². The highest BCUT2D eigenvalue weighted by Gasteiger charge is 2.19. The van der Waals surface area contributed by atoms with E-state index >= 15 is 0 Å². The third-order valence-electron chi connectivity index (χ3n) is 2.70. The molecule has 0 aliphatic heterocycles. The quantitative estimate of drug-likeness (QED) is 0.478. The van der Waals surface area contributed by atoms with E-state index in [1.165, 1.54) is 12.1 Å². The van der Waals surface area contributed by atoms with Crippen LogP contribution < -0.4 is 5.73 Å². The molecule has 0 aliphatic rings. The summed E-state index contributed by atoms with van der Waals surface area (Å²) >= 11 is 5.85. The van der Waals surface area contributed by atoms with E-state index in [0.29, 0.717) is 10.6 Å². The predicted molar refractivity (Wildman–Crippen MR) is 69.2 cm³/mol. The minimum Gasteiger partial charge on any atom is -0.324 e. The molecule has 17 heavy (non-hydrogen) atoms. The van der Waals surface area contributed by atoms with Gasteiger partial charge >= 0.3 is 0 Å². The Kier molecular flexibility index (Phi) is 5.38. The van der Waals surface area contributed by atoms with E-state index in [1.54, 1.807) is 6.07 Å². The Labute approximate surface area is 106 Å². The molecule has 1 atom stereocenters. The Balaban J connectivity index is 2.86. The van der Waals surface area contributed by atoms with Crippen molar-refractivity contribution in [3.63, 3.8) is 0 Å². The second-order valence-corrected chi connectivity index (χ2v) is 4.50. The molecule has 0 radical (unpaired) electrons. The fourth-order valence-electron chi connectivity index (χ4n) is 1.76. The van der Waals surface area contributed by atoms with Gasteiger partial charge in [-0.05, 0) is 18.6 Å². The van der Waals surface area contributed by atoms with Crippen LogP contribution in [0.25, 0.3) is 0 Å². The maximum atomic E-state index is 10.9. The highest BCUT2D eigenvalue weighted by Crippen LogP contribution is 2.29. The highest BCUT2D eigenvalue weighted by molar-refractivity contribution is 6.30. The van der Waals surface area contributed by atoms with Crippen molar-refractivity contribution in [2.75, 3.05) is 0 Å². The number of halogens is 1. The highest BCUT2D eigenvalue weighted by atomic mass is 35.5. The van der Waals surface area contributed by atoms with E-state index in [1.807, 2.05) is 0 Å². The number of rotatable bonds is 6. The summed E-state index contributed by atoms with van der Waals surface area (Å²) in [6.45, 7) is 2.10. The molecule has 0 heterocycles. The number of unbranched alkanes of at least 4 members (excludes halogenated alkanes) is 2. The van der Waals surface area contributed by atoms with Gasteiger partial charge in [0.2, 0.25) is 0 Å². The lowest BCUT2D eigenvalue weighted by molar-refractivity contribution is -0.385. The van der Waals surface area contributed by atoms with Crippen LogP contribution in [0.5, 0.6) is 0 Å². The maximum Gasteiger partial charge on any atom is 0.274 e. The third-order valence-corrected chi connectivity index (χ3v) is 2.94. The van der Waals surface area contributed by atoms with Crippen LogP contribution in [0.4, 0.5) is 5.69 Å². The fraction of sp³-hybridized carbons (Fsp3) is 0.500. The molecule has 0 bridgehead atoms. The van der Waals surface area contributed by atoms with Crippen molar-refractivity contribution >= 4 is 17.3 Å². The molecule has 1 rings (SSSR count). The molecule has 0 spiro atoms. The molecule has 2 N–H and O–H groups in total. The van der Waals surface area contributed by atoms with Crippen LogP contribution in [0.1, 0.15) is 44.2 Å². The molecule has 0 amide bonds. The van der Waals surface area contributed by atoms with Crippen LogP contribution in [0.3, 0.4) is 0 Å². The summed E-state index contributed by atoms with van der Waals surface area (Å²) in [4.78, 5) is 10.5. The molecular weight excluding hydrogens is 240 g/mol. The van der Waals surface area contributed by atoms with Gasteiger partial charge in [0.25, 0.3) is 5.69 Å². The topological polar surface area (TPSA) is 69.2 Å². The first-order valence-electron chi connectivity index (χ1n) is 5.75. The molecule has 0 saturated carbocycles. The molecule has 0 unspecified atom stereocenters. The van der Waals surface area contributed by atoms with Crippen LogP contribution in [-0.4, -0.2) is 4.92 Å². The lowest BCUT2D eigenvalue weighted by atomic mass is 10.00. The Morgan fingerprint density at radius 2 is 2.18 bits per heavy atom. The van der Waals surface area contributed by atoms with Crippen LogP contribution in [0.15, 0.2) is 18.2 Å². The van der Waals surface area contributed by atoms with Gasteiger partial charge in [0, 0.05) is 22.7 Å². The summed E-state index contributed by atoms with van der Waals surface area (Å²) in [7, 11) is 0. The molecule has 5 heteroatoms. The molecule has 1 aromatic carbocycles. The lowest BCUT2D eigenvalue weighted by Crippen LogP contribution is -2.12. The zero-order valence-corrected chi connectivity index (χ0v) is 10.6. The summed E-state index contributed by atoms with van der Waals surface area (Å²) in [5.41, 5.74) is 6.56. The summed E-state index contributed by atoms with van der Waals surface area (Å²) in [5.74, 6) is 0. The fourth-order valence-corrected chi connectivity index (χ4v) is 1.94. The maximum absolute atomic E-state index is 10.9. The second kappa shape index (κ2) is 6.57. The largest absolute Gasteiger partial charge is 0.324 e. The van der Waals surface area contributed by atoms with Gasteiger partial charge in [-0.3, -0.25) is 10.1 Å². The van der Waals surface area contributed by atoms with Crippen LogP contribution in [0, 0.1) is 10.1 Å². The van der Waals surface area contributed by atoms with Gasteiger partial charge in [-0.1, -0.05) is 37.8 Å². The first-order chi connectivity index (χ1) is 8.06. The summed E-state index contributed by atoms with van der Waals surface area (Å²) < 4.78 is 0. The monoisotopic (exact) mass is 256 g/mol. The first-order valence-corrected chi connectivity index (χ1v) is 6.13. The van der Waals surface area contributed by atoms with Gasteiger partial charge < -0.3 is 5.73 Å². The normalized spacial score (nSPS) is 12.4. The van der Waals surface area contributed by atoms with E-state index in [4.69, 9.17) is 17.3 Å². The number of hydrogen-bond donors (Lipinski definition) is 1. The molecule has 4 nitrogen and oxygen atoms in total. The van der Waals surface area contributed by atoms with Gasteiger partial charge in [0.05, 0.1) is 4.92 Å².